The molecule has 0 amide bonds. The lowest BCUT2D eigenvalue weighted by molar-refractivity contribution is -0.0194. The molecule has 0 aliphatic carbocycles. The summed E-state index contributed by atoms with van der Waals surface area (Å²) in [7, 11) is 0. The van der Waals surface area contributed by atoms with Crippen LogP contribution in [0.3, 0.4) is 0 Å². The maximum atomic E-state index is 5.50. The van der Waals surface area contributed by atoms with Crippen molar-refractivity contribution in [3.8, 4) is 0 Å². The van der Waals surface area contributed by atoms with Gasteiger partial charge < -0.3 is 4.74 Å². The molecule has 0 radical (unpaired) electrons. The van der Waals surface area contributed by atoms with E-state index in [1.54, 1.807) is 0 Å². The minimum Gasteiger partial charge on any atom is -0.378 e. The average Bonchev–Trinajstić information content (AvgIpc) is 2.81. The van der Waals surface area contributed by atoms with Crippen LogP contribution >= 0.6 is 0 Å². The maximum absolute atomic E-state index is 5.50. The molecule has 3 heterocycles. The first-order valence-electron chi connectivity index (χ1n) is 4.54. The van der Waals surface area contributed by atoms with E-state index >= 15 is 0 Å². The van der Waals surface area contributed by atoms with Crippen molar-refractivity contribution in [1.82, 2.24) is 10.2 Å². The van der Waals surface area contributed by atoms with E-state index in [1.165, 1.54) is 19.4 Å². The van der Waals surface area contributed by atoms with Crippen LogP contribution in [0.5, 0.6) is 0 Å². The molecule has 3 saturated heterocycles. The lowest BCUT2D eigenvalue weighted by Gasteiger charge is -2.33. The molecule has 0 spiro atoms. The monoisotopic (exact) mass is 154 g/mol. The van der Waals surface area contributed by atoms with Crippen molar-refractivity contribution in [1.29, 1.82) is 0 Å². The Balaban J connectivity index is 1.80. The second kappa shape index (κ2) is 2.19. The van der Waals surface area contributed by atoms with Gasteiger partial charge in [0.05, 0.1) is 19.4 Å². The molecule has 3 nitrogen and oxygen atoms in total. The quantitative estimate of drug-likeness (QED) is 0.530. The third kappa shape index (κ3) is 0.916. The Morgan fingerprint density at radius 3 is 2.36 bits per heavy atom. The number of hydrogen-bond donors (Lipinski definition) is 1. The average molecular weight is 154 g/mol. The van der Waals surface area contributed by atoms with Crippen molar-refractivity contribution in [2.45, 2.75) is 31.1 Å². The van der Waals surface area contributed by atoms with Crippen LogP contribution in [0.15, 0.2) is 0 Å². The number of rotatable bonds is 1. The zero-order chi connectivity index (χ0) is 7.26. The molecule has 1 N–H and O–H groups in total. The van der Waals surface area contributed by atoms with Crippen molar-refractivity contribution >= 4 is 0 Å². The summed E-state index contributed by atoms with van der Waals surface area (Å²) in [6.07, 6.45) is 3.41. The molecular weight excluding hydrogens is 140 g/mol. The Kier molecular flexibility index (Phi) is 1.27. The molecule has 11 heavy (non-hydrogen) atoms. The highest BCUT2D eigenvalue weighted by molar-refractivity contribution is 4.98. The SMILES string of the molecule is C1CC2COCC1N2[C@H]1CN1. The van der Waals surface area contributed by atoms with Crippen molar-refractivity contribution in [3.05, 3.63) is 0 Å². The minimum absolute atomic E-state index is 0.705. The summed E-state index contributed by atoms with van der Waals surface area (Å²) in [6, 6.07) is 1.46. The predicted molar refractivity (Wildman–Crippen MR) is 41.3 cm³/mol. The van der Waals surface area contributed by atoms with E-state index in [9.17, 15) is 0 Å². The molecule has 2 unspecified atom stereocenters. The van der Waals surface area contributed by atoms with Gasteiger partial charge in [-0.3, -0.25) is 10.2 Å². The van der Waals surface area contributed by atoms with Crippen molar-refractivity contribution in [2.24, 2.45) is 0 Å². The van der Waals surface area contributed by atoms with E-state index in [0.29, 0.717) is 6.17 Å². The number of nitrogens with zero attached hydrogens (tertiary/aromatic N) is 1. The number of hydrogen-bond acceptors (Lipinski definition) is 3. The topological polar surface area (TPSA) is 34.4 Å². The second-order valence-corrected chi connectivity index (χ2v) is 3.79. The summed E-state index contributed by atoms with van der Waals surface area (Å²) in [5.41, 5.74) is 0. The van der Waals surface area contributed by atoms with Crippen LogP contribution in [0.4, 0.5) is 0 Å². The highest BCUT2D eigenvalue weighted by Crippen LogP contribution is 2.31. The van der Waals surface area contributed by atoms with Gasteiger partial charge in [0.15, 0.2) is 0 Å². The fourth-order valence-corrected chi connectivity index (χ4v) is 2.43. The predicted octanol–water partition coefficient (Wildman–Crippen LogP) is -0.221. The third-order valence-corrected chi connectivity index (χ3v) is 3.04. The Morgan fingerprint density at radius 1 is 1.18 bits per heavy atom. The molecule has 0 aromatic heterocycles. The Morgan fingerprint density at radius 2 is 1.82 bits per heavy atom. The first-order valence-corrected chi connectivity index (χ1v) is 4.54. The zero-order valence-corrected chi connectivity index (χ0v) is 6.62. The molecule has 3 atom stereocenters. The molecule has 3 heteroatoms. The highest BCUT2D eigenvalue weighted by atomic mass is 16.5. The van der Waals surface area contributed by atoms with E-state index < -0.39 is 0 Å². The van der Waals surface area contributed by atoms with Crippen LogP contribution in [-0.2, 0) is 4.74 Å². The zero-order valence-electron chi connectivity index (χ0n) is 6.62. The van der Waals surface area contributed by atoms with Crippen molar-refractivity contribution in [2.75, 3.05) is 19.8 Å². The normalized spacial score (nSPS) is 49.6. The van der Waals surface area contributed by atoms with Crippen LogP contribution in [0.1, 0.15) is 12.8 Å². The number of morpholine rings is 1. The maximum Gasteiger partial charge on any atom is 0.0733 e. The number of ether oxygens (including phenoxy) is 1. The van der Waals surface area contributed by atoms with Crippen LogP contribution in [-0.4, -0.2) is 42.9 Å². The lowest BCUT2D eigenvalue weighted by atomic mass is 10.2. The lowest BCUT2D eigenvalue weighted by Crippen LogP contribution is -2.48. The minimum atomic E-state index is 0.705. The van der Waals surface area contributed by atoms with Gasteiger partial charge in [-0.15, -0.1) is 0 Å². The third-order valence-electron chi connectivity index (χ3n) is 3.04. The van der Waals surface area contributed by atoms with Crippen LogP contribution in [0.25, 0.3) is 0 Å². The molecule has 3 fully saturated rings. The van der Waals surface area contributed by atoms with E-state index in [2.05, 4.69) is 10.2 Å². The summed E-state index contributed by atoms with van der Waals surface area (Å²) < 4.78 is 5.50. The smallest absolute Gasteiger partial charge is 0.0733 e. The summed E-state index contributed by atoms with van der Waals surface area (Å²) in [5, 5.41) is 3.38. The van der Waals surface area contributed by atoms with Crippen LogP contribution in [0, 0.1) is 0 Å². The molecule has 62 valence electrons. The largest absolute Gasteiger partial charge is 0.378 e. The Bertz CT molecular complexity index is 153. The van der Waals surface area contributed by atoms with Gasteiger partial charge in [-0.05, 0) is 12.8 Å². The van der Waals surface area contributed by atoms with Gasteiger partial charge in [-0.2, -0.15) is 0 Å². The van der Waals surface area contributed by atoms with Gasteiger partial charge >= 0.3 is 0 Å². The van der Waals surface area contributed by atoms with Gasteiger partial charge in [0.25, 0.3) is 0 Å². The first kappa shape index (κ1) is 6.40. The molecular formula is C8H14N2O. The fourth-order valence-electron chi connectivity index (χ4n) is 2.43. The van der Waals surface area contributed by atoms with E-state index in [-0.39, 0.29) is 0 Å². The van der Waals surface area contributed by atoms with Gasteiger partial charge in [0.1, 0.15) is 0 Å². The van der Waals surface area contributed by atoms with Crippen LogP contribution in [0.2, 0.25) is 0 Å². The fraction of sp³-hybridized carbons (Fsp3) is 1.00. The molecule has 3 aliphatic heterocycles. The van der Waals surface area contributed by atoms with Gasteiger partial charge in [-0.25, -0.2) is 0 Å². The van der Waals surface area contributed by atoms with Gasteiger partial charge in [0.2, 0.25) is 0 Å². The van der Waals surface area contributed by atoms with Crippen LogP contribution < -0.4 is 5.32 Å². The number of fused-ring (bicyclic) bond motifs is 2. The second-order valence-electron chi connectivity index (χ2n) is 3.79. The van der Waals surface area contributed by atoms with Crippen molar-refractivity contribution < 1.29 is 4.74 Å². The number of nitrogens with one attached hydrogen (secondary N) is 1. The van der Waals surface area contributed by atoms with Crippen molar-refractivity contribution in [3.63, 3.8) is 0 Å². The molecule has 3 rings (SSSR count). The molecule has 2 bridgehead atoms. The van der Waals surface area contributed by atoms with E-state index in [1.807, 2.05) is 0 Å². The summed E-state index contributed by atoms with van der Waals surface area (Å²) in [4.78, 5) is 2.63. The standard InChI is InChI=1S/C8H14N2O/c1-2-7-5-11-4-6(1)10(7)8-3-9-8/h6-9H,1-5H2/t6?,7?,8-/m0/s1. The summed E-state index contributed by atoms with van der Waals surface area (Å²) in [5.74, 6) is 0. The Labute approximate surface area is 66.7 Å². The summed E-state index contributed by atoms with van der Waals surface area (Å²) >= 11 is 0. The molecule has 0 aromatic carbocycles. The van der Waals surface area contributed by atoms with Gasteiger partial charge in [-0.1, -0.05) is 0 Å². The molecule has 3 aliphatic rings. The summed E-state index contributed by atoms with van der Waals surface area (Å²) in [6.45, 7) is 3.14. The molecule has 0 aromatic rings. The highest BCUT2D eigenvalue weighted by Gasteiger charge is 2.44. The molecule has 0 saturated carbocycles. The van der Waals surface area contributed by atoms with Gasteiger partial charge in [0, 0.05) is 18.6 Å². The first-order chi connectivity index (χ1) is 5.45. The van der Waals surface area contributed by atoms with E-state index in [4.69, 9.17) is 4.74 Å². The Hall–Kier alpha value is -0.120. The van der Waals surface area contributed by atoms with E-state index in [0.717, 1.165) is 25.3 Å².